The molecule has 0 radical (unpaired) electrons. The SMILES string of the molecule is C=CCC(C(=O)OC)N(C1/C=C\CCC/C=C\1)S(=O)(=O)c1ccc(C)cc1. The lowest BCUT2D eigenvalue weighted by Crippen LogP contribution is -2.49. The van der Waals surface area contributed by atoms with Gasteiger partial charge in [-0.25, -0.2) is 8.42 Å². The van der Waals surface area contributed by atoms with Crippen LogP contribution in [-0.2, 0) is 19.6 Å². The van der Waals surface area contributed by atoms with Crippen molar-refractivity contribution in [2.24, 2.45) is 0 Å². The van der Waals surface area contributed by atoms with E-state index in [2.05, 4.69) is 6.58 Å². The molecule has 1 aliphatic carbocycles. The van der Waals surface area contributed by atoms with Gasteiger partial charge in [-0.15, -0.1) is 6.58 Å². The molecule has 5 nitrogen and oxygen atoms in total. The summed E-state index contributed by atoms with van der Waals surface area (Å²) in [4.78, 5) is 12.6. The lowest BCUT2D eigenvalue weighted by Gasteiger charge is -2.33. The minimum absolute atomic E-state index is 0.148. The van der Waals surface area contributed by atoms with Gasteiger partial charge in [0.1, 0.15) is 6.04 Å². The molecule has 0 amide bonds. The predicted octanol–water partition coefficient (Wildman–Crippen LogP) is 3.77. The molecule has 0 fully saturated rings. The monoisotopic (exact) mass is 389 g/mol. The third-order valence-electron chi connectivity index (χ3n) is 4.47. The molecule has 0 saturated carbocycles. The average molecular weight is 390 g/mol. The molecular formula is C21H27NO4S. The first kappa shape index (κ1) is 21.1. The van der Waals surface area contributed by atoms with Crippen LogP contribution in [0, 0.1) is 6.92 Å². The Labute approximate surface area is 162 Å². The molecule has 146 valence electrons. The number of hydrogen-bond acceptors (Lipinski definition) is 4. The number of allylic oxidation sites excluding steroid dienone is 2. The first-order valence-electron chi connectivity index (χ1n) is 9.04. The first-order chi connectivity index (χ1) is 12.9. The predicted molar refractivity (Wildman–Crippen MR) is 107 cm³/mol. The number of rotatable bonds is 7. The molecule has 0 aromatic heterocycles. The second-order valence-corrected chi connectivity index (χ2v) is 8.33. The van der Waals surface area contributed by atoms with Gasteiger partial charge in [0.2, 0.25) is 10.0 Å². The van der Waals surface area contributed by atoms with Gasteiger partial charge in [0, 0.05) is 0 Å². The number of nitrogens with zero attached hydrogens (tertiary/aromatic N) is 1. The lowest BCUT2D eigenvalue weighted by atomic mass is 10.1. The van der Waals surface area contributed by atoms with Crippen LogP contribution in [0.5, 0.6) is 0 Å². The van der Waals surface area contributed by atoms with Crippen molar-refractivity contribution in [3.8, 4) is 0 Å². The Balaban J connectivity index is 2.59. The van der Waals surface area contributed by atoms with E-state index in [1.807, 2.05) is 31.2 Å². The van der Waals surface area contributed by atoms with Crippen molar-refractivity contribution in [1.29, 1.82) is 0 Å². The number of carbonyl (C=O) groups is 1. The van der Waals surface area contributed by atoms with Gasteiger partial charge in [-0.05, 0) is 44.7 Å². The summed E-state index contributed by atoms with van der Waals surface area (Å²) in [6.45, 7) is 5.57. The van der Waals surface area contributed by atoms with Gasteiger partial charge in [0.25, 0.3) is 0 Å². The highest BCUT2D eigenvalue weighted by molar-refractivity contribution is 7.89. The number of carbonyl (C=O) groups excluding carboxylic acids is 1. The highest BCUT2D eigenvalue weighted by Crippen LogP contribution is 2.26. The highest BCUT2D eigenvalue weighted by atomic mass is 32.2. The lowest BCUT2D eigenvalue weighted by molar-refractivity contribution is -0.145. The summed E-state index contributed by atoms with van der Waals surface area (Å²) in [6, 6.07) is 5.07. The molecule has 0 saturated heterocycles. The van der Waals surface area contributed by atoms with Gasteiger partial charge in [-0.1, -0.05) is 48.1 Å². The molecule has 0 N–H and O–H groups in total. The van der Waals surface area contributed by atoms with Crippen LogP contribution in [-0.4, -0.2) is 37.9 Å². The van der Waals surface area contributed by atoms with Crippen LogP contribution in [0.1, 0.15) is 31.2 Å². The maximum atomic E-state index is 13.5. The average Bonchev–Trinajstić information content (AvgIpc) is 2.62. The largest absolute Gasteiger partial charge is 0.468 e. The van der Waals surface area contributed by atoms with E-state index in [9.17, 15) is 13.2 Å². The van der Waals surface area contributed by atoms with E-state index in [1.54, 1.807) is 24.3 Å². The third-order valence-corrected chi connectivity index (χ3v) is 6.39. The quantitative estimate of drug-likeness (QED) is 0.526. The van der Waals surface area contributed by atoms with Gasteiger partial charge in [0.15, 0.2) is 0 Å². The zero-order chi connectivity index (χ0) is 19.9. The minimum atomic E-state index is -3.94. The molecule has 2 rings (SSSR count). The van der Waals surface area contributed by atoms with Gasteiger partial charge in [0.05, 0.1) is 18.0 Å². The molecule has 1 unspecified atom stereocenters. The molecule has 27 heavy (non-hydrogen) atoms. The van der Waals surface area contributed by atoms with Crippen molar-refractivity contribution < 1.29 is 17.9 Å². The van der Waals surface area contributed by atoms with E-state index in [0.29, 0.717) is 0 Å². The maximum absolute atomic E-state index is 13.5. The van der Waals surface area contributed by atoms with Crippen LogP contribution in [0.15, 0.2) is 66.1 Å². The number of methoxy groups -OCH3 is 1. The van der Waals surface area contributed by atoms with Crippen molar-refractivity contribution in [2.75, 3.05) is 7.11 Å². The highest BCUT2D eigenvalue weighted by Gasteiger charge is 2.39. The van der Waals surface area contributed by atoms with Gasteiger partial charge < -0.3 is 4.74 Å². The van der Waals surface area contributed by atoms with E-state index in [0.717, 1.165) is 24.8 Å². The molecule has 0 heterocycles. The Morgan fingerprint density at radius 2 is 1.85 bits per heavy atom. The fourth-order valence-electron chi connectivity index (χ4n) is 3.02. The Morgan fingerprint density at radius 3 is 2.37 bits per heavy atom. The van der Waals surface area contributed by atoms with Crippen molar-refractivity contribution in [2.45, 2.75) is 49.6 Å². The van der Waals surface area contributed by atoms with E-state index >= 15 is 0 Å². The summed E-state index contributed by atoms with van der Waals surface area (Å²) >= 11 is 0. The van der Waals surface area contributed by atoms with Crippen LogP contribution in [0.4, 0.5) is 0 Å². The summed E-state index contributed by atoms with van der Waals surface area (Å²) in [5, 5.41) is 0. The number of esters is 1. The van der Waals surface area contributed by atoms with E-state index in [-0.39, 0.29) is 11.3 Å². The smallest absolute Gasteiger partial charge is 0.324 e. The Morgan fingerprint density at radius 1 is 1.26 bits per heavy atom. The zero-order valence-electron chi connectivity index (χ0n) is 15.9. The summed E-state index contributed by atoms with van der Waals surface area (Å²) in [5.74, 6) is -0.602. The number of aryl methyl sites for hydroxylation is 1. The molecule has 0 bridgehead atoms. The van der Waals surface area contributed by atoms with E-state index in [4.69, 9.17) is 4.74 Å². The van der Waals surface area contributed by atoms with Crippen LogP contribution in [0.25, 0.3) is 0 Å². The molecule has 0 spiro atoms. The Kier molecular flexibility index (Phi) is 7.56. The fourth-order valence-corrected chi connectivity index (χ4v) is 4.72. The summed E-state index contributed by atoms with van der Waals surface area (Å²) in [5.41, 5.74) is 0.960. The van der Waals surface area contributed by atoms with Gasteiger partial charge in [-0.2, -0.15) is 4.31 Å². The second kappa shape index (κ2) is 9.67. The zero-order valence-corrected chi connectivity index (χ0v) is 16.7. The normalized spacial score (nSPS) is 18.9. The van der Waals surface area contributed by atoms with Crippen LogP contribution in [0.2, 0.25) is 0 Å². The molecule has 1 atom stereocenters. The van der Waals surface area contributed by atoms with Crippen molar-refractivity contribution in [3.05, 3.63) is 66.8 Å². The van der Waals surface area contributed by atoms with Gasteiger partial charge in [-0.3, -0.25) is 4.79 Å². The van der Waals surface area contributed by atoms with E-state index < -0.39 is 28.1 Å². The second-order valence-electron chi connectivity index (χ2n) is 6.49. The molecular weight excluding hydrogens is 362 g/mol. The molecule has 1 aromatic rings. The van der Waals surface area contributed by atoms with Crippen molar-refractivity contribution in [3.63, 3.8) is 0 Å². The van der Waals surface area contributed by atoms with E-state index in [1.165, 1.54) is 17.5 Å². The standard InChI is InChI=1S/C21H27NO4S/c1-4-10-20(21(23)26-3)22(18-11-8-6-5-7-9-12-18)27(24,25)19-15-13-17(2)14-16-19/h4,8-9,11-16,18,20H,1,5-7,10H2,2-3H3/b11-8-,12-9-. The van der Waals surface area contributed by atoms with Crippen LogP contribution >= 0.6 is 0 Å². The molecule has 0 aliphatic heterocycles. The topological polar surface area (TPSA) is 63.7 Å². The fraction of sp³-hybridized carbons (Fsp3) is 0.381. The van der Waals surface area contributed by atoms with Crippen LogP contribution < -0.4 is 0 Å². The maximum Gasteiger partial charge on any atom is 0.324 e. The molecule has 1 aliphatic rings. The third kappa shape index (κ3) is 5.17. The Bertz CT molecular complexity index is 795. The number of benzene rings is 1. The summed E-state index contributed by atoms with van der Waals surface area (Å²) < 4.78 is 33.1. The van der Waals surface area contributed by atoms with Crippen molar-refractivity contribution >= 4 is 16.0 Å². The number of sulfonamides is 1. The molecule has 6 heteroatoms. The number of hydrogen-bond donors (Lipinski definition) is 0. The summed E-state index contributed by atoms with van der Waals surface area (Å²) in [7, 11) is -2.68. The van der Waals surface area contributed by atoms with Gasteiger partial charge >= 0.3 is 5.97 Å². The van der Waals surface area contributed by atoms with Crippen molar-refractivity contribution in [1.82, 2.24) is 4.31 Å². The number of ether oxygens (including phenoxy) is 1. The van der Waals surface area contributed by atoms with Crippen LogP contribution in [0.3, 0.4) is 0 Å². The first-order valence-corrected chi connectivity index (χ1v) is 10.5. The Hall–Kier alpha value is -2.18. The minimum Gasteiger partial charge on any atom is -0.468 e. The molecule has 1 aromatic carbocycles. The summed E-state index contributed by atoms with van der Waals surface area (Å²) in [6.07, 6.45) is 12.0.